The summed E-state index contributed by atoms with van der Waals surface area (Å²) in [4.78, 5) is 14.7. The van der Waals surface area contributed by atoms with E-state index >= 15 is 0 Å². The number of nitrogens with zero attached hydrogens (tertiary/aromatic N) is 2. The molecule has 2 N–H and O–H groups in total. The molecule has 1 heterocycles. The summed E-state index contributed by atoms with van der Waals surface area (Å²) in [6, 6.07) is 0. The third kappa shape index (κ3) is 3.67. The molecule has 0 saturated heterocycles. The van der Waals surface area contributed by atoms with Gasteiger partial charge in [-0.3, -0.25) is 5.41 Å². The minimum absolute atomic E-state index is 0.125. The van der Waals surface area contributed by atoms with Gasteiger partial charge >= 0.3 is 0 Å². The van der Waals surface area contributed by atoms with Gasteiger partial charge in [-0.2, -0.15) is 0 Å². The minimum atomic E-state index is -0.748. The molecule has 0 spiro atoms. The van der Waals surface area contributed by atoms with Gasteiger partial charge < -0.3 is 0 Å². The van der Waals surface area contributed by atoms with Crippen molar-refractivity contribution < 1.29 is 5.03 Å². The Bertz CT molecular complexity index is 353. The molecule has 0 radical (unpaired) electrons. The average Bonchev–Trinajstić information content (AvgIpc) is 2.47. The van der Waals surface area contributed by atoms with Gasteiger partial charge in [0, 0.05) is 17.5 Å². The fourth-order valence-electron chi connectivity index (χ4n) is 0.814. The van der Waals surface area contributed by atoms with E-state index in [1.807, 2.05) is 0 Å². The first-order valence-electron chi connectivity index (χ1n) is 3.66. The van der Waals surface area contributed by atoms with E-state index in [2.05, 4.69) is 4.98 Å². The maximum absolute atomic E-state index is 9.95. The number of hydrogen-bond donors (Lipinski definition) is 2. The zero-order chi connectivity index (χ0) is 10.6. The van der Waals surface area contributed by atoms with Gasteiger partial charge in [0.2, 0.25) is 0 Å². The molecule has 0 bridgehead atoms. The molecule has 14 heavy (non-hydrogen) atoms. The molecule has 0 aliphatic heterocycles. The highest BCUT2D eigenvalue weighted by Gasteiger charge is 2.05. The number of nitrogens with one attached hydrogen (secondary N) is 2. The van der Waals surface area contributed by atoms with Gasteiger partial charge in [0.1, 0.15) is 0 Å². The van der Waals surface area contributed by atoms with E-state index < -0.39 is 5.03 Å². The Balaban J connectivity index is 2.34. The summed E-state index contributed by atoms with van der Waals surface area (Å²) >= 11 is 6.90. The predicted molar refractivity (Wildman–Crippen MR) is 53.3 cm³/mol. The van der Waals surface area contributed by atoms with Gasteiger partial charge in [0.25, 0.3) is 0 Å². The first-order valence-corrected chi connectivity index (χ1v) is 4.86. The zero-order valence-electron chi connectivity index (χ0n) is 6.99. The molecule has 76 valence electrons. The van der Waals surface area contributed by atoms with E-state index in [0.29, 0.717) is 10.9 Å². The van der Waals surface area contributed by atoms with E-state index in [4.69, 9.17) is 17.0 Å². The highest BCUT2D eigenvalue weighted by Crippen LogP contribution is 2.18. The van der Waals surface area contributed by atoms with Gasteiger partial charge in [-0.25, -0.2) is 15.1 Å². The molecule has 0 amide bonds. The van der Waals surface area contributed by atoms with Crippen LogP contribution < -0.4 is 5.43 Å². The summed E-state index contributed by atoms with van der Waals surface area (Å²) in [6.07, 6.45) is 2.41. The summed E-state index contributed by atoms with van der Waals surface area (Å²) in [7, 11) is 0. The van der Waals surface area contributed by atoms with Crippen LogP contribution in [-0.4, -0.2) is 15.9 Å². The Morgan fingerprint density at radius 1 is 1.86 bits per heavy atom. The number of rotatable bonds is 4. The lowest BCUT2D eigenvalue weighted by atomic mass is 10.3. The lowest BCUT2D eigenvalue weighted by Crippen LogP contribution is -2.28. The van der Waals surface area contributed by atoms with E-state index in [9.17, 15) is 10.1 Å². The molecule has 8 heteroatoms. The Hall–Kier alpha value is -1.21. The number of aromatic nitrogens is 1. The van der Waals surface area contributed by atoms with Crippen LogP contribution in [0.5, 0.6) is 0 Å². The van der Waals surface area contributed by atoms with Crippen molar-refractivity contribution >= 4 is 28.8 Å². The first-order chi connectivity index (χ1) is 6.58. The van der Waals surface area contributed by atoms with Gasteiger partial charge in [-0.1, -0.05) is 17.0 Å². The smallest absolute Gasteiger partial charge is 0.183 e. The van der Waals surface area contributed by atoms with Gasteiger partial charge in [0.05, 0.1) is 0 Å². The second-order valence-electron chi connectivity index (χ2n) is 2.43. The lowest BCUT2D eigenvalue weighted by Gasteiger charge is -1.97. The maximum Gasteiger partial charge on any atom is 0.183 e. The van der Waals surface area contributed by atoms with E-state index in [-0.39, 0.29) is 12.3 Å². The van der Waals surface area contributed by atoms with Crippen LogP contribution in [0.1, 0.15) is 11.3 Å². The topological polar surface area (TPSA) is 91.9 Å². The van der Waals surface area contributed by atoms with E-state index in [0.717, 1.165) is 4.88 Å². The quantitative estimate of drug-likeness (QED) is 0.357. The lowest BCUT2D eigenvalue weighted by molar-refractivity contribution is -0.525. The van der Waals surface area contributed by atoms with Crippen LogP contribution in [0.25, 0.3) is 0 Å². The number of halogens is 1. The molecule has 0 atom stereocenters. The van der Waals surface area contributed by atoms with Crippen LogP contribution in [0, 0.1) is 15.5 Å². The minimum Gasteiger partial charge on any atom is -0.284 e. The standard InChI is InChI=1S/C6H7ClN4O2S/c7-6-9-3-4(14-6)1-2-5(8)10-11(12)13/h3H,1-2H2,(H2,8,10). The fraction of sp³-hybridized carbons (Fsp3) is 0.333. The summed E-state index contributed by atoms with van der Waals surface area (Å²) in [5, 5.41) is 16.4. The zero-order valence-corrected chi connectivity index (χ0v) is 8.56. The second-order valence-corrected chi connectivity index (χ2v) is 4.12. The third-order valence-corrected chi connectivity index (χ3v) is 2.55. The van der Waals surface area contributed by atoms with Crippen LogP contribution in [0.4, 0.5) is 0 Å². The number of hydrogen-bond acceptors (Lipinski definition) is 5. The van der Waals surface area contributed by atoms with Crippen molar-refractivity contribution in [3.05, 3.63) is 25.7 Å². The van der Waals surface area contributed by atoms with Crippen molar-refractivity contribution in [1.29, 1.82) is 5.41 Å². The highest BCUT2D eigenvalue weighted by molar-refractivity contribution is 7.15. The maximum atomic E-state index is 9.95. The summed E-state index contributed by atoms with van der Waals surface area (Å²) < 4.78 is 0.439. The predicted octanol–water partition coefficient (Wildman–Crippen LogP) is 1.49. The monoisotopic (exact) mass is 234 g/mol. The van der Waals surface area contributed by atoms with Crippen LogP contribution in [-0.2, 0) is 6.42 Å². The van der Waals surface area contributed by atoms with Gasteiger partial charge in [-0.05, 0) is 6.42 Å². The number of nitro groups is 1. The molecule has 1 aromatic heterocycles. The largest absolute Gasteiger partial charge is 0.284 e. The summed E-state index contributed by atoms with van der Waals surface area (Å²) in [5.41, 5.74) is 1.78. The SMILES string of the molecule is N=C(CCc1cnc(Cl)s1)N[N+](=O)[O-]. The normalized spacial score (nSPS) is 9.79. The molecule has 0 unspecified atom stereocenters. The van der Waals surface area contributed by atoms with Crippen molar-refractivity contribution in [3.8, 4) is 0 Å². The second kappa shape index (κ2) is 4.87. The molecule has 1 rings (SSSR count). The number of thiazole rings is 1. The molecule has 0 aromatic carbocycles. The van der Waals surface area contributed by atoms with Crippen molar-refractivity contribution in [2.24, 2.45) is 0 Å². The first kappa shape index (κ1) is 10.9. The van der Waals surface area contributed by atoms with Gasteiger partial charge in [-0.15, -0.1) is 11.3 Å². The van der Waals surface area contributed by atoms with E-state index in [1.165, 1.54) is 11.3 Å². The van der Waals surface area contributed by atoms with Crippen molar-refractivity contribution in [3.63, 3.8) is 0 Å². The Labute approximate surface area is 88.5 Å². The van der Waals surface area contributed by atoms with Crippen molar-refractivity contribution in [2.45, 2.75) is 12.8 Å². The molecule has 0 fully saturated rings. The number of aryl methyl sites for hydroxylation is 1. The van der Waals surface area contributed by atoms with Crippen LogP contribution >= 0.6 is 22.9 Å². The molecule has 0 aliphatic carbocycles. The molecule has 6 nitrogen and oxygen atoms in total. The highest BCUT2D eigenvalue weighted by atomic mass is 35.5. The summed E-state index contributed by atoms with van der Waals surface area (Å²) in [6.45, 7) is 0. The molecule has 0 saturated carbocycles. The number of hydrazine groups is 1. The molecule has 1 aromatic rings. The van der Waals surface area contributed by atoms with Crippen molar-refractivity contribution in [2.75, 3.05) is 0 Å². The average molecular weight is 235 g/mol. The molecular weight excluding hydrogens is 228 g/mol. The molecular formula is C6H7ClN4O2S. The summed E-state index contributed by atoms with van der Waals surface area (Å²) in [5.74, 6) is -0.125. The number of amidine groups is 1. The fourth-order valence-corrected chi connectivity index (χ4v) is 1.79. The van der Waals surface area contributed by atoms with Crippen molar-refractivity contribution in [1.82, 2.24) is 10.4 Å². The molecule has 0 aliphatic rings. The van der Waals surface area contributed by atoms with Crippen LogP contribution in [0.15, 0.2) is 6.20 Å². The Morgan fingerprint density at radius 3 is 3.07 bits per heavy atom. The van der Waals surface area contributed by atoms with Crippen LogP contribution in [0.2, 0.25) is 4.47 Å². The van der Waals surface area contributed by atoms with Crippen LogP contribution in [0.3, 0.4) is 0 Å². The van der Waals surface area contributed by atoms with Gasteiger partial charge in [0.15, 0.2) is 15.3 Å². The Morgan fingerprint density at radius 2 is 2.57 bits per heavy atom. The third-order valence-electron chi connectivity index (χ3n) is 1.37. The van der Waals surface area contributed by atoms with E-state index in [1.54, 1.807) is 11.6 Å². The Kier molecular flexibility index (Phi) is 3.78.